The van der Waals surface area contributed by atoms with Crippen molar-refractivity contribution in [2.75, 3.05) is 24.2 Å². The molecule has 1 N–H and O–H groups in total. The molecule has 0 bridgehead atoms. The molecule has 1 aliphatic rings. The quantitative estimate of drug-likeness (QED) is 0.874. The zero-order valence-electron chi connectivity index (χ0n) is 12.2. The van der Waals surface area contributed by atoms with E-state index >= 15 is 0 Å². The van der Waals surface area contributed by atoms with Gasteiger partial charge in [-0.25, -0.2) is 23.1 Å². The molecule has 22 heavy (non-hydrogen) atoms. The minimum Gasteiger partial charge on any atom is -0.356 e. The highest BCUT2D eigenvalue weighted by atomic mass is 79.9. The van der Waals surface area contributed by atoms with Gasteiger partial charge in [-0.15, -0.1) is 0 Å². The van der Waals surface area contributed by atoms with Crippen LogP contribution >= 0.6 is 15.9 Å². The summed E-state index contributed by atoms with van der Waals surface area (Å²) in [6.45, 7) is 1.54. The van der Waals surface area contributed by atoms with Crippen molar-refractivity contribution in [3.05, 3.63) is 29.0 Å². The number of aromatic nitrogens is 2. The van der Waals surface area contributed by atoms with Gasteiger partial charge in [0.05, 0.1) is 11.8 Å². The average Bonchev–Trinajstić information content (AvgIpc) is 2.46. The lowest BCUT2D eigenvalue weighted by Gasteiger charge is -2.33. The molecular formula is C14H17BrN4O2S. The molecule has 2 heterocycles. The van der Waals surface area contributed by atoms with E-state index in [-0.39, 0.29) is 6.04 Å². The zero-order valence-corrected chi connectivity index (χ0v) is 14.6. The van der Waals surface area contributed by atoms with Crippen molar-refractivity contribution in [3.63, 3.8) is 0 Å². The topological polar surface area (TPSA) is 75.2 Å². The predicted molar refractivity (Wildman–Crippen MR) is 90.5 cm³/mol. The van der Waals surface area contributed by atoms with Gasteiger partial charge in [-0.1, -0.05) is 15.9 Å². The Morgan fingerprint density at radius 3 is 2.68 bits per heavy atom. The Morgan fingerprint density at radius 1 is 1.27 bits per heavy atom. The van der Waals surface area contributed by atoms with Gasteiger partial charge in [-0.05, 0) is 31.0 Å². The van der Waals surface area contributed by atoms with Crippen LogP contribution in [0.25, 0.3) is 10.9 Å². The molecular weight excluding hydrogens is 368 g/mol. The number of fused-ring (bicyclic) bond motifs is 1. The van der Waals surface area contributed by atoms with E-state index in [4.69, 9.17) is 0 Å². The lowest BCUT2D eigenvalue weighted by Crippen LogP contribution is -2.44. The van der Waals surface area contributed by atoms with Gasteiger partial charge >= 0.3 is 0 Å². The number of benzene rings is 1. The van der Waals surface area contributed by atoms with Gasteiger partial charge in [0.25, 0.3) is 0 Å². The third-order valence-electron chi connectivity index (χ3n) is 3.75. The maximum Gasteiger partial charge on any atom is 0.208 e. The number of halogens is 1. The van der Waals surface area contributed by atoms with Crippen molar-refractivity contribution >= 4 is 42.7 Å². The molecule has 0 unspecified atom stereocenters. The lowest BCUT2D eigenvalue weighted by molar-refractivity contribution is 0.460. The van der Waals surface area contributed by atoms with Crippen LogP contribution in [0.1, 0.15) is 12.8 Å². The van der Waals surface area contributed by atoms with E-state index < -0.39 is 10.0 Å². The summed E-state index contributed by atoms with van der Waals surface area (Å²) in [5, 5.41) is 1.01. The van der Waals surface area contributed by atoms with Crippen LogP contribution in [0.5, 0.6) is 0 Å². The van der Waals surface area contributed by atoms with E-state index in [1.807, 2.05) is 18.2 Å². The lowest BCUT2D eigenvalue weighted by atomic mass is 10.1. The van der Waals surface area contributed by atoms with Crippen molar-refractivity contribution in [1.29, 1.82) is 0 Å². The summed E-state index contributed by atoms with van der Waals surface area (Å²) in [6.07, 6.45) is 4.32. The molecule has 1 aromatic carbocycles. The summed E-state index contributed by atoms with van der Waals surface area (Å²) in [6, 6.07) is 5.95. The molecule has 0 atom stereocenters. The van der Waals surface area contributed by atoms with Crippen LogP contribution in [0, 0.1) is 0 Å². The van der Waals surface area contributed by atoms with E-state index in [0.717, 1.165) is 47.1 Å². The second-order valence-electron chi connectivity index (χ2n) is 5.51. The molecule has 0 radical (unpaired) electrons. The summed E-state index contributed by atoms with van der Waals surface area (Å²) < 4.78 is 26.3. The molecule has 0 aliphatic carbocycles. The molecule has 6 nitrogen and oxygen atoms in total. The van der Waals surface area contributed by atoms with Gasteiger partial charge in [-0.3, -0.25) is 0 Å². The average molecular weight is 385 g/mol. The highest BCUT2D eigenvalue weighted by Gasteiger charge is 2.23. The number of nitrogens with one attached hydrogen (secondary N) is 1. The third kappa shape index (κ3) is 3.56. The van der Waals surface area contributed by atoms with Gasteiger partial charge in [0.1, 0.15) is 12.1 Å². The molecule has 0 spiro atoms. The fourth-order valence-corrected chi connectivity index (χ4v) is 3.98. The largest absolute Gasteiger partial charge is 0.356 e. The Labute approximate surface area is 138 Å². The molecule has 1 saturated heterocycles. The summed E-state index contributed by atoms with van der Waals surface area (Å²) in [5.74, 6) is 0.907. The fraction of sp³-hybridized carbons (Fsp3) is 0.429. The first-order valence-corrected chi connectivity index (χ1v) is 9.73. The van der Waals surface area contributed by atoms with E-state index in [2.05, 4.69) is 35.5 Å². The molecule has 2 aromatic rings. The molecule has 0 saturated carbocycles. The molecule has 3 rings (SSSR count). The monoisotopic (exact) mass is 384 g/mol. The van der Waals surface area contributed by atoms with Gasteiger partial charge < -0.3 is 4.90 Å². The summed E-state index contributed by atoms with van der Waals surface area (Å²) in [7, 11) is -3.15. The van der Waals surface area contributed by atoms with Crippen molar-refractivity contribution in [3.8, 4) is 0 Å². The highest BCUT2D eigenvalue weighted by Crippen LogP contribution is 2.28. The molecule has 0 amide bonds. The van der Waals surface area contributed by atoms with Crippen LogP contribution in [-0.2, 0) is 10.0 Å². The predicted octanol–water partition coefficient (Wildman–Crippen LogP) is 1.91. The number of anilines is 1. The standard InChI is InChI=1S/C14H17BrN4O2S/c1-22(20,21)18-11-4-6-19(7-5-11)14-12-8-10(15)2-3-13(12)16-9-17-14/h2-3,8-9,11,18H,4-7H2,1H3. The van der Waals surface area contributed by atoms with Crippen LogP contribution < -0.4 is 9.62 Å². The third-order valence-corrected chi connectivity index (χ3v) is 5.01. The number of hydrogen-bond acceptors (Lipinski definition) is 5. The maximum atomic E-state index is 11.3. The number of nitrogens with zero attached hydrogens (tertiary/aromatic N) is 3. The highest BCUT2D eigenvalue weighted by molar-refractivity contribution is 9.10. The van der Waals surface area contributed by atoms with Crippen LogP contribution in [0.4, 0.5) is 5.82 Å². The first kappa shape index (κ1) is 15.6. The van der Waals surface area contributed by atoms with Crippen molar-refractivity contribution in [1.82, 2.24) is 14.7 Å². The normalized spacial score (nSPS) is 17.1. The van der Waals surface area contributed by atoms with E-state index in [1.165, 1.54) is 6.26 Å². The minimum absolute atomic E-state index is 0.00564. The van der Waals surface area contributed by atoms with Crippen molar-refractivity contribution in [2.24, 2.45) is 0 Å². The fourth-order valence-electron chi connectivity index (χ4n) is 2.78. The number of piperidine rings is 1. The molecule has 1 aromatic heterocycles. The second kappa shape index (κ2) is 6.10. The van der Waals surface area contributed by atoms with Crippen molar-refractivity contribution < 1.29 is 8.42 Å². The first-order valence-electron chi connectivity index (χ1n) is 7.05. The molecule has 8 heteroatoms. The molecule has 118 valence electrons. The van der Waals surface area contributed by atoms with Crippen LogP contribution in [0.3, 0.4) is 0 Å². The Hall–Kier alpha value is -1.25. The summed E-state index contributed by atoms with van der Waals surface area (Å²) in [5.41, 5.74) is 0.907. The number of sulfonamides is 1. The van der Waals surface area contributed by atoms with Gasteiger partial charge in [0.2, 0.25) is 10.0 Å². The summed E-state index contributed by atoms with van der Waals surface area (Å²) >= 11 is 3.48. The van der Waals surface area contributed by atoms with Crippen molar-refractivity contribution in [2.45, 2.75) is 18.9 Å². The van der Waals surface area contributed by atoms with Gasteiger partial charge in [-0.2, -0.15) is 0 Å². The van der Waals surface area contributed by atoms with Crippen LogP contribution in [-0.4, -0.2) is 43.8 Å². The molecule has 1 aliphatic heterocycles. The number of rotatable bonds is 3. The van der Waals surface area contributed by atoms with E-state index in [0.29, 0.717) is 0 Å². The van der Waals surface area contributed by atoms with Crippen LogP contribution in [0.2, 0.25) is 0 Å². The zero-order chi connectivity index (χ0) is 15.7. The smallest absolute Gasteiger partial charge is 0.208 e. The van der Waals surface area contributed by atoms with Gasteiger partial charge in [0.15, 0.2) is 0 Å². The Kier molecular flexibility index (Phi) is 4.33. The van der Waals surface area contributed by atoms with Gasteiger partial charge in [0, 0.05) is 29.0 Å². The first-order chi connectivity index (χ1) is 10.4. The maximum absolute atomic E-state index is 11.3. The SMILES string of the molecule is CS(=O)(=O)NC1CCN(c2ncnc3ccc(Br)cc23)CC1. The Morgan fingerprint density at radius 2 is 2.00 bits per heavy atom. The van der Waals surface area contributed by atoms with E-state index in [9.17, 15) is 8.42 Å². The van der Waals surface area contributed by atoms with Crippen LogP contribution in [0.15, 0.2) is 29.0 Å². The second-order valence-corrected chi connectivity index (χ2v) is 8.21. The number of hydrogen-bond donors (Lipinski definition) is 1. The Bertz CT molecular complexity index is 789. The summed E-state index contributed by atoms with van der Waals surface area (Å²) in [4.78, 5) is 10.9. The molecule has 1 fully saturated rings. The van der Waals surface area contributed by atoms with E-state index in [1.54, 1.807) is 6.33 Å². The Balaban J connectivity index is 1.81. The minimum atomic E-state index is -3.15.